The lowest BCUT2D eigenvalue weighted by Crippen LogP contribution is -2.37. The first-order valence-electron chi connectivity index (χ1n) is 8.25. The molecule has 0 aromatic heterocycles. The van der Waals surface area contributed by atoms with Gasteiger partial charge in [-0.25, -0.2) is 4.79 Å². The zero-order valence-corrected chi connectivity index (χ0v) is 15.0. The maximum atomic E-state index is 12.9. The molecule has 1 heterocycles. The molecule has 3 nitrogen and oxygen atoms in total. The SMILES string of the molecule is CCOC(=O)C1=P(c2ccccc2)(c2ccccc2)CCN=C1C. The Kier molecular flexibility index (Phi) is 5.01. The van der Waals surface area contributed by atoms with Crippen molar-refractivity contribution in [1.82, 2.24) is 0 Å². The molecular formula is C20H22NO2P. The summed E-state index contributed by atoms with van der Waals surface area (Å²) in [6.45, 7) is 2.86. The van der Waals surface area contributed by atoms with Crippen molar-refractivity contribution in [3.05, 3.63) is 60.7 Å². The Labute approximate surface area is 143 Å². The standard InChI is InChI=1S/C20H22NO2P/c1-3-23-20(22)19-16(2)21-14-15-24(19,17-10-6-4-7-11-17)18-12-8-5-9-13-18/h4-13H,3,14-15H2,1-2H3. The Hall–Kier alpha value is -2.12. The van der Waals surface area contributed by atoms with Gasteiger partial charge in [-0.05, 0) is 37.5 Å². The Balaban J connectivity index is 2.40. The number of hydrogen-bond donors (Lipinski definition) is 0. The number of hydrogen-bond acceptors (Lipinski definition) is 3. The molecule has 0 aliphatic carbocycles. The smallest absolute Gasteiger partial charge is 0.340 e. The fourth-order valence-corrected chi connectivity index (χ4v) is 7.68. The maximum absolute atomic E-state index is 12.9. The second-order valence-corrected chi connectivity index (χ2v) is 9.29. The predicted molar refractivity (Wildman–Crippen MR) is 104 cm³/mol. The summed E-state index contributed by atoms with van der Waals surface area (Å²) in [6.07, 6.45) is 0.868. The molecule has 0 saturated carbocycles. The average Bonchev–Trinajstić information content (AvgIpc) is 2.63. The van der Waals surface area contributed by atoms with E-state index in [-0.39, 0.29) is 5.97 Å². The van der Waals surface area contributed by atoms with Gasteiger partial charge in [0.1, 0.15) is 0 Å². The van der Waals surface area contributed by atoms with Gasteiger partial charge in [-0.1, -0.05) is 60.7 Å². The Morgan fingerprint density at radius 1 is 1.04 bits per heavy atom. The zero-order valence-electron chi connectivity index (χ0n) is 14.1. The molecule has 1 aliphatic heterocycles. The molecule has 3 rings (SSSR count). The average molecular weight is 339 g/mol. The summed E-state index contributed by atoms with van der Waals surface area (Å²) in [5.41, 5.74) is 0.820. The van der Waals surface area contributed by atoms with Crippen LogP contribution in [0.2, 0.25) is 0 Å². The number of rotatable bonds is 4. The Bertz CT molecular complexity index is 767. The normalized spacial score (nSPS) is 16.4. The third-order valence-electron chi connectivity index (χ3n) is 4.37. The highest BCUT2D eigenvalue weighted by molar-refractivity contribution is 7.92. The molecule has 2 aromatic carbocycles. The van der Waals surface area contributed by atoms with Crippen LogP contribution in [0.3, 0.4) is 0 Å². The number of ether oxygens (including phenoxy) is 1. The Morgan fingerprint density at radius 3 is 2.08 bits per heavy atom. The van der Waals surface area contributed by atoms with Crippen LogP contribution in [0, 0.1) is 0 Å². The van der Waals surface area contributed by atoms with Crippen LogP contribution in [0.4, 0.5) is 0 Å². The Morgan fingerprint density at radius 2 is 1.58 bits per heavy atom. The van der Waals surface area contributed by atoms with Gasteiger partial charge < -0.3 is 4.74 Å². The first kappa shape index (κ1) is 16.7. The molecule has 4 heteroatoms. The molecule has 0 N–H and O–H groups in total. The van der Waals surface area contributed by atoms with E-state index in [1.165, 1.54) is 10.6 Å². The van der Waals surface area contributed by atoms with E-state index in [2.05, 4.69) is 29.3 Å². The number of carbonyl (C=O) groups excluding carboxylic acids is 1. The van der Waals surface area contributed by atoms with Crippen LogP contribution in [0.15, 0.2) is 65.7 Å². The van der Waals surface area contributed by atoms with Crippen LogP contribution < -0.4 is 10.6 Å². The van der Waals surface area contributed by atoms with Crippen molar-refractivity contribution in [3.8, 4) is 0 Å². The minimum absolute atomic E-state index is 0.223. The van der Waals surface area contributed by atoms with E-state index >= 15 is 0 Å². The van der Waals surface area contributed by atoms with Crippen LogP contribution in [0.25, 0.3) is 0 Å². The second-order valence-electron chi connectivity index (χ2n) is 5.74. The molecule has 24 heavy (non-hydrogen) atoms. The number of benzene rings is 2. The van der Waals surface area contributed by atoms with Gasteiger partial charge in [0.15, 0.2) is 0 Å². The summed E-state index contributed by atoms with van der Waals surface area (Å²) >= 11 is 0. The fraction of sp³-hybridized carbons (Fsp3) is 0.250. The third-order valence-corrected chi connectivity index (χ3v) is 8.87. The molecular weight excluding hydrogens is 317 g/mol. The highest BCUT2D eigenvalue weighted by Crippen LogP contribution is 2.48. The molecule has 0 radical (unpaired) electrons. The predicted octanol–water partition coefficient (Wildman–Crippen LogP) is 2.87. The van der Waals surface area contributed by atoms with Gasteiger partial charge in [0.25, 0.3) is 0 Å². The molecule has 0 unspecified atom stereocenters. The van der Waals surface area contributed by atoms with Gasteiger partial charge in [0, 0.05) is 12.3 Å². The van der Waals surface area contributed by atoms with Crippen LogP contribution in [-0.2, 0) is 9.53 Å². The summed E-state index contributed by atoms with van der Waals surface area (Å²) in [5, 5.41) is 3.20. The van der Waals surface area contributed by atoms with Gasteiger partial charge >= 0.3 is 5.97 Å². The zero-order chi connectivity index (χ0) is 17.0. The van der Waals surface area contributed by atoms with E-state index in [4.69, 9.17) is 4.74 Å². The summed E-state index contributed by atoms with van der Waals surface area (Å²) in [5.74, 6) is -0.223. The summed E-state index contributed by atoms with van der Waals surface area (Å²) < 4.78 is 5.42. The third kappa shape index (κ3) is 2.85. The van der Waals surface area contributed by atoms with Crippen LogP contribution in [0.1, 0.15) is 13.8 Å². The van der Waals surface area contributed by atoms with Crippen LogP contribution >= 0.6 is 6.89 Å². The van der Waals surface area contributed by atoms with Crippen molar-refractivity contribution in [2.24, 2.45) is 4.99 Å². The number of carbonyl (C=O) groups is 1. The van der Waals surface area contributed by atoms with Crippen molar-refractivity contribution in [3.63, 3.8) is 0 Å². The summed E-state index contributed by atoms with van der Waals surface area (Å²) in [7, 11) is 0. The topological polar surface area (TPSA) is 38.7 Å². The highest BCUT2D eigenvalue weighted by Gasteiger charge is 2.35. The minimum Gasteiger partial charge on any atom is -0.462 e. The van der Waals surface area contributed by atoms with Gasteiger partial charge in [-0.3, -0.25) is 4.99 Å². The van der Waals surface area contributed by atoms with Gasteiger partial charge in [-0.2, -0.15) is 0 Å². The number of esters is 1. The molecule has 0 atom stereocenters. The maximum Gasteiger partial charge on any atom is 0.340 e. The lowest BCUT2D eigenvalue weighted by molar-refractivity contribution is -0.134. The van der Waals surface area contributed by atoms with E-state index in [1.807, 2.05) is 50.2 Å². The van der Waals surface area contributed by atoms with E-state index in [9.17, 15) is 4.79 Å². The monoisotopic (exact) mass is 339 g/mol. The molecule has 1 aliphatic rings. The van der Waals surface area contributed by atoms with E-state index in [0.717, 1.165) is 23.7 Å². The van der Waals surface area contributed by atoms with E-state index < -0.39 is 6.89 Å². The number of aliphatic imine (C=N–C) groups is 1. The van der Waals surface area contributed by atoms with E-state index in [1.54, 1.807) is 0 Å². The lowest BCUT2D eigenvalue weighted by Gasteiger charge is -2.33. The minimum atomic E-state index is -2.04. The summed E-state index contributed by atoms with van der Waals surface area (Å²) in [4.78, 5) is 17.4. The van der Waals surface area contributed by atoms with Gasteiger partial charge in [0.2, 0.25) is 0 Å². The molecule has 124 valence electrons. The molecule has 0 bridgehead atoms. The van der Waals surface area contributed by atoms with Crippen molar-refractivity contribution in [2.45, 2.75) is 13.8 Å². The van der Waals surface area contributed by atoms with Crippen LogP contribution in [-0.4, -0.2) is 36.3 Å². The first-order valence-corrected chi connectivity index (χ1v) is 10.2. The second kappa shape index (κ2) is 7.19. The molecule has 0 fully saturated rings. The van der Waals surface area contributed by atoms with Crippen molar-refractivity contribution in [2.75, 3.05) is 19.3 Å². The fourth-order valence-electron chi connectivity index (χ4n) is 3.36. The van der Waals surface area contributed by atoms with Crippen molar-refractivity contribution < 1.29 is 9.53 Å². The van der Waals surface area contributed by atoms with Crippen molar-refractivity contribution >= 4 is 34.5 Å². The largest absolute Gasteiger partial charge is 0.462 e. The van der Waals surface area contributed by atoms with Crippen molar-refractivity contribution in [1.29, 1.82) is 0 Å². The molecule has 2 aromatic rings. The quantitative estimate of drug-likeness (QED) is 0.635. The summed E-state index contributed by atoms with van der Waals surface area (Å²) in [6, 6.07) is 20.8. The lowest BCUT2D eigenvalue weighted by atomic mass is 10.3. The van der Waals surface area contributed by atoms with Crippen LogP contribution in [0.5, 0.6) is 0 Å². The van der Waals surface area contributed by atoms with Gasteiger partial charge in [-0.15, -0.1) is 0 Å². The first-order chi connectivity index (χ1) is 11.7. The molecule has 0 amide bonds. The van der Waals surface area contributed by atoms with Gasteiger partial charge in [0.05, 0.1) is 11.9 Å². The molecule has 0 saturated heterocycles. The number of nitrogens with zero attached hydrogens (tertiary/aromatic N) is 1. The highest BCUT2D eigenvalue weighted by atomic mass is 31.2. The van der Waals surface area contributed by atoms with E-state index in [0.29, 0.717) is 6.61 Å². The molecule has 0 spiro atoms.